The summed E-state index contributed by atoms with van der Waals surface area (Å²) < 4.78 is 0. The van der Waals surface area contributed by atoms with E-state index in [4.69, 9.17) is 21.1 Å². The van der Waals surface area contributed by atoms with Crippen molar-refractivity contribution >= 4 is 23.7 Å². The second-order valence-electron chi connectivity index (χ2n) is 6.53. The third-order valence-electron chi connectivity index (χ3n) is 4.09. The molecule has 1 rings (SSSR count). The van der Waals surface area contributed by atoms with Gasteiger partial charge in [0.2, 0.25) is 17.7 Å². The quantitative estimate of drug-likeness (QED) is 0.179. The summed E-state index contributed by atoms with van der Waals surface area (Å²) in [5.74, 6) is -3.87. The van der Waals surface area contributed by atoms with Gasteiger partial charge in [-0.1, -0.05) is 12.1 Å². The van der Waals surface area contributed by atoms with Gasteiger partial charge in [0.1, 0.15) is 29.9 Å². The number of aliphatic hydroxyl groups is 2. The molecule has 1 aromatic carbocycles. The fraction of sp³-hybridized carbons (Fsp3) is 0.444. The molecule has 0 aromatic heterocycles. The van der Waals surface area contributed by atoms with Gasteiger partial charge in [-0.25, -0.2) is 4.79 Å². The lowest BCUT2D eigenvalue weighted by Crippen LogP contribution is -2.57. The van der Waals surface area contributed by atoms with Crippen LogP contribution in [0, 0.1) is 0 Å². The Morgan fingerprint density at radius 1 is 0.900 bits per heavy atom. The maximum Gasteiger partial charge on any atom is 0.328 e. The lowest BCUT2D eigenvalue weighted by atomic mass is 10.0. The molecule has 0 aliphatic carbocycles. The number of nitrogens with one attached hydrogen (secondary N) is 3. The normalized spacial score (nSPS) is 14.7. The Balaban J connectivity index is 2.94. The molecule has 30 heavy (non-hydrogen) atoms. The van der Waals surface area contributed by atoms with Gasteiger partial charge in [-0.2, -0.15) is 0 Å². The molecular formula is C18H26N4O8. The second kappa shape index (κ2) is 11.7. The van der Waals surface area contributed by atoms with Crippen molar-refractivity contribution in [3.8, 4) is 5.75 Å². The molecule has 3 amide bonds. The van der Waals surface area contributed by atoms with Gasteiger partial charge in [0.15, 0.2) is 0 Å². The molecule has 0 saturated carbocycles. The SMILES string of the molecule is CC(NC(=O)C(N)CO)C(=O)NC(Cc1ccc(O)cc1)C(=O)NC(CO)C(=O)O. The Labute approximate surface area is 172 Å². The van der Waals surface area contributed by atoms with Crippen LogP contribution in [0.25, 0.3) is 0 Å². The number of carbonyl (C=O) groups excluding carboxylic acids is 3. The van der Waals surface area contributed by atoms with Gasteiger partial charge in [-0.3, -0.25) is 14.4 Å². The highest BCUT2D eigenvalue weighted by molar-refractivity contribution is 5.94. The van der Waals surface area contributed by atoms with Crippen molar-refractivity contribution in [2.24, 2.45) is 5.73 Å². The van der Waals surface area contributed by atoms with E-state index in [-0.39, 0.29) is 12.2 Å². The van der Waals surface area contributed by atoms with E-state index in [0.717, 1.165) is 0 Å². The van der Waals surface area contributed by atoms with Gasteiger partial charge in [-0.05, 0) is 24.6 Å². The zero-order valence-corrected chi connectivity index (χ0v) is 16.2. The smallest absolute Gasteiger partial charge is 0.328 e. The van der Waals surface area contributed by atoms with Crippen LogP contribution in [0.2, 0.25) is 0 Å². The number of carbonyl (C=O) groups is 4. The van der Waals surface area contributed by atoms with Crippen LogP contribution in [-0.4, -0.2) is 81.5 Å². The largest absolute Gasteiger partial charge is 0.508 e. The molecule has 0 radical (unpaired) electrons. The Kier molecular flexibility index (Phi) is 9.68. The molecular weight excluding hydrogens is 400 g/mol. The maximum atomic E-state index is 12.5. The van der Waals surface area contributed by atoms with E-state index < -0.39 is 61.1 Å². The van der Waals surface area contributed by atoms with Crippen LogP contribution in [0.4, 0.5) is 0 Å². The molecule has 0 saturated heterocycles. The predicted molar refractivity (Wildman–Crippen MR) is 103 cm³/mol. The monoisotopic (exact) mass is 426 g/mol. The fourth-order valence-corrected chi connectivity index (χ4v) is 2.30. The highest BCUT2D eigenvalue weighted by Crippen LogP contribution is 2.11. The number of hydrogen-bond donors (Lipinski definition) is 8. The first-order valence-electron chi connectivity index (χ1n) is 8.98. The molecule has 4 atom stereocenters. The number of aliphatic hydroxyl groups excluding tert-OH is 2. The van der Waals surface area contributed by atoms with Gasteiger partial charge in [0.25, 0.3) is 0 Å². The molecule has 0 bridgehead atoms. The Hall–Kier alpha value is -3.22. The van der Waals surface area contributed by atoms with Gasteiger partial charge in [-0.15, -0.1) is 0 Å². The van der Waals surface area contributed by atoms with Crippen LogP contribution in [0.3, 0.4) is 0 Å². The topological polar surface area (TPSA) is 211 Å². The van der Waals surface area contributed by atoms with Gasteiger partial charge < -0.3 is 42.1 Å². The number of phenolic OH excluding ortho intramolecular Hbond substituents is 1. The van der Waals surface area contributed by atoms with E-state index in [0.29, 0.717) is 5.56 Å². The minimum Gasteiger partial charge on any atom is -0.508 e. The minimum atomic E-state index is -1.57. The summed E-state index contributed by atoms with van der Waals surface area (Å²) in [6.45, 7) is -0.142. The number of nitrogens with two attached hydrogens (primary N) is 1. The van der Waals surface area contributed by atoms with Crippen LogP contribution in [-0.2, 0) is 25.6 Å². The zero-order chi connectivity index (χ0) is 22.8. The van der Waals surface area contributed by atoms with Gasteiger partial charge in [0.05, 0.1) is 13.2 Å². The number of benzene rings is 1. The van der Waals surface area contributed by atoms with Crippen LogP contribution >= 0.6 is 0 Å². The number of aliphatic carboxylic acids is 1. The number of amides is 3. The Morgan fingerprint density at radius 3 is 1.97 bits per heavy atom. The highest BCUT2D eigenvalue weighted by atomic mass is 16.4. The lowest BCUT2D eigenvalue weighted by molar-refractivity contribution is -0.143. The summed E-state index contributed by atoms with van der Waals surface area (Å²) >= 11 is 0. The van der Waals surface area contributed by atoms with E-state index in [9.17, 15) is 24.3 Å². The van der Waals surface area contributed by atoms with Crippen molar-refractivity contribution in [1.82, 2.24) is 16.0 Å². The van der Waals surface area contributed by atoms with E-state index in [2.05, 4.69) is 16.0 Å². The minimum absolute atomic E-state index is 0.00781. The number of hydrogen-bond acceptors (Lipinski definition) is 8. The van der Waals surface area contributed by atoms with Gasteiger partial charge in [0, 0.05) is 6.42 Å². The molecule has 166 valence electrons. The fourth-order valence-electron chi connectivity index (χ4n) is 2.30. The Bertz CT molecular complexity index is 755. The third kappa shape index (κ3) is 7.66. The van der Waals surface area contributed by atoms with Crippen molar-refractivity contribution in [3.05, 3.63) is 29.8 Å². The first-order valence-corrected chi connectivity index (χ1v) is 8.98. The predicted octanol–water partition coefficient (Wildman–Crippen LogP) is -3.19. The lowest BCUT2D eigenvalue weighted by Gasteiger charge is -2.23. The average Bonchev–Trinajstić information content (AvgIpc) is 2.71. The highest BCUT2D eigenvalue weighted by Gasteiger charge is 2.28. The number of phenols is 1. The molecule has 12 heteroatoms. The summed E-state index contributed by atoms with van der Waals surface area (Å²) in [6, 6.07) is 0.605. The summed E-state index contributed by atoms with van der Waals surface area (Å²) in [5.41, 5.74) is 5.91. The number of carboxylic acids is 1. The number of carboxylic acid groups (broad SMARTS) is 1. The number of aromatic hydroxyl groups is 1. The maximum absolute atomic E-state index is 12.5. The molecule has 0 heterocycles. The molecule has 9 N–H and O–H groups in total. The van der Waals surface area contributed by atoms with E-state index in [1.165, 1.54) is 31.2 Å². The van der Waals surface area contributed by atoms with Crippen molar-refractivity contribution in [1.29, 1.82) is 0 Å². The Morgan fingerprint density at radius 2 is 1.47 bits per heavy atom. The standard InChI is InChI=1S/C18H26N4O8/c1-9(20-16(27)12(19)7-23)15(26)21-13(6-10-2-4-11(25)5-3-10)17(28)22-14(8-24)18(29)30/h2-5,9,12-14,23-25H,6-8,19H2,1H3,(H,20,27)(H,21,26)(H,22,28)(H,29,30). The third-order valence-corrected chi connectivity index (χ3v) is 4.09. The van der Waals surface area contributed by atoms with E-state index >= 15 is 0 Å². The van der Waals surface area contributed by atoms with Crippen molar-refractivity contribution in [2.75, 3.05) is 13.2 Å². The van der Waals surface area contributed by atoms with Crippen molar-refractivity contribution in [3.63, 3.8) is 0 Å². The molecule has 0 fully saturated rings. The first-order chi connectivity index (χ1) is 14.1. The van der Waals surface area contributed by atoms with Crippen LogP contribution in [0.1, 0.15) is 12.5 Å². The molecule has 1 aromatic rings. The van der Waals surface area contributed by atoms with E-state index in [1.54, 1.807) is 0 Å². The first kappa shape index (κ1) is 24.8. The van der Waals surface area contributed by atoms with Crippen molar-refractivity contribution in [2.45, 2.75) is 37.5 Å². The molecule has 4 unspecified atom stereocenters. The van der Waals surface area contributed by atoms with Crippen LogP contribution in [0.5, 0.6) is 5.75 Å². The molecule has 0 aliphatic rings. The molecule has 0 spiro atoms. The summed E-state index contributed by atoms with van der Waals surface area (Å²) in [5, 5.41) is 43.2. The zero-order valence-electron chi connectivity index (χ0n) is 16.2. The van der Waals surface area contributed by atoms with Crippen molar-refractivity contribution < 1.29 is 39.6 Å². The summed E-state index contributed by atoms with van der Waals surface area (Å²) in [7, 11) is 0. The summed E-state index contributed by atoms with van der Waals surface area (Å²) in [6.07, 6.45) is -0.0631. The van der Waals surface area contributed by atoms with Crippen LogP contribution < -0.4 is 21.7 Å². The molecule has 0 aliphatic heterocycles. The number of rotatable bonds is 11. The summed E-state index contributed by atoms with van der Waals surface area (Å²) in [4.78, 5) is 47.7. The average molecular weight is 426 g/mol. The van der Waals surface area contributed by atoms with Gasteiger partial charge >= 0.3 is 5.97 Å². The second-order valence-corrected chi connectivity index (χ2v) is 6.53. The van der Waals surface area contributed by atoms with Crippen LogP contribution in [0.15, 0.2) is 24.3 Å². The molecule has 12 nitrogen and oxygen atoms in total. The van der Waals surface area contributed by atoms with E-state index in [1.807, 2.05) is 0 Å².